The van der Waals surface area contributed by atoms with Crippen LogP contribution in [0.25, 0.3) is 0 Å². The Morgan fingerprint density at radius 3 is 2.85 bits per heavy atom. The number of hydrogen-bond donors (Lipinski definition) is 0. The van der Waals surface area contributed by atoms with Gasteiger partial charge in [0.25, 0.3) is 0 Å². The van der Waals surface area contributed by atoms with Gasteiger partial charge in [0.2, 0.25) is 0 Å². The first-order valence-corrected chi connectivity index (χ1v) is 5.15. The maximum atomic E-state index is 11.4. The molecular weight excluding hydrogens is 186 g/mol. The van der Waals surface area contributed by atoms with Crippen molar-refractivity contribution in [2.75, 3.05) is 18.1 Å². The fraction of sp³-hybridized carbons (Fsp3) is 0.444. The number of amides is 1. The molecule has 0 aliphatic rings. The van der Waals surface area contributed by atoms with Crippen LogP contribution >= 0.6 is 11.3 Å². The Hall–Kier alpha value is -1.03. The molecule has 0 aromatic carbocycles. The predicted molar refractivity (Wildman–Crippen MR) is 54.4 cm³/mol. The molecule has 13 heavy (non-hydrogen) atoms. The molecule has 0 bridgehead atoms. The zero-order chi connectivity index (χ0) is 9.68. The molecule has 72 valence electrons. The first kappa shape index (κ1) is 10.1. The highest BCUT2D eigenvalue weighted by molar-refractivity contribution is 7.14. The van der Waals surface area contributed by atoms with Crippen molar-refractivity contribution in [2.24, 2.45) is 0 Å². The van der Waals surface area contributed by atoms with Gasteiger partial charge in [0.15, 0.2) is 0 Å². The third kappa shape index (κ3) is 2.45. The van der Waals surface area contributed by atoms with Crippen LogP contribution in [-0.2, 0) is 4.74 Å². The van der Waals surface area contributed by atoms with Gasteiger partial charge in [0.1, 0.15) is 5.00 Å². The molecule has 1 amide bonds. The van der Waals surface area contributed by atoms with Crippen LogP contribution in [0.1, 0.15) is 13.8 Å². The molecule has 0 aliphatic carbocycles. The van der Waals surface area contributed by atoms with E-state index in [1.54, 1.807) is 11.8 Å². The van der Waals surface area contributed by atoms with Crippen molar-refractivity contribution in [1.82, 2.24) is 0 Å². The Balaban J connectivity index is 2.68. The minimum atomic E-state index is -0.271. The van der Waals surface area contributed by atoms with E-state index in [9.17, 15) is 4.79 Å². The van der Waals surface area contributed by atoms with E-state index >= 15 is 0 Å². The maximum Gasteiger partial charge on any atom is 0.414 e. The summed E-state index contributed by atoms with van der Waals surface area (Å²) in [5.74, 6) is 0. The molecule has 0 saturated heterocycles. The van der Waals surface area contributed by atoms with E-state index in [2.05, 4.69) is 0 Å². The molecule has 0 atom stereocenters. The van der Waals surface area contributed by atoms with Gasteiger partial charge >= 0.3 is 6.09 Å². The number of hydrogen-bond acceptors (Lipinski definition) is 3. The Morgan fingerprint density at radius 1 is 1.62 bits per heavy atom. The minimum absolute atomic E-state index is 0.271. The van der Waals surface area contributed by atoms with Crippen molar-refractivity contribution in [3.05, 3.63) is 17.5 Å². The van der Waals surface area contributed by atoms with Crippen molar-refractivity contribution in [2.45, 2.75) is 13.8 Å². The average molecular weight is 199 g/mol. The topological polar surface area (TPSA) is 29.5 Å². The summed E-state index contributed by atoms with van der Waals surface area (Å²) in [6.07, 6.45) is -0.271. The highest BCUT2D eigenvalue weighted by atomic mass is 32.1. The smallest absolute Gasteiger partial charge is 0.414 e. The summed E-state index contributed by atoms with van der Waals surface area (Å²) in [6.45, 7) is 4.79. The number of rotatable bonds is 3. The van der Waals surface area contributed by atoms with E-state index in [0.29, 0.717) is 13.2 Å². The molecule has 0 unspecified atom stereocenters. The van der Waals surface area contributed by atoms with Gasteiger partial charge in [-0.05, 0) is 31.4 Å². The summed E-state index contributed by atoms with van der Waals surface area (Å²) in [4.78, 5) is 13.0. The highest BCUT2D eigenvalue weighted by Crippen LogP contribution is 2.21. The second-order valence-electron chi connectivity index (χ2n) is 2.39. The molecule has 4 heteroatoms. The van der Waals surface area contributed by atoms with Gasteiger partial charge in [-0.3, -0.25) is 4.90 Å². The first-order chi connectivity index (χ1) is 6.29. The molecule has 0 spiro atoms. The number of carbonyl (C=O) groups is 1. The van der Waals surface area contributed by atoms with Gasteiger partial charge in [0, 0.05) is 6.54 Å². The van der Waals surface area contributed by atoms with Gasteiger partial charge < -0.3 is 4.74 Å². The van der Waals surface area contributed by atoms with Crippen LogP contribution in [0.15, 0.2) is 17.5 Å². The largest absolute Gasteiger partial charge is 0.449 e. The highest BCUT2D eigenvalue weighted by Gasteiger charge is 2.14. The lowest BCUT2D eigenvalue weighted by Gasteiger charge is -2.17. The van der Waals surface area contributed by atoms with Gasteiger partial charge in [-0.25, -0.2) is 4.79 Å². The molecule has 0 fully saturated rings. The van der Waals surface area contributed by atoms with Crippen LogP contribution in [0.3, 0.4) is 0 Å². The van der Waals surface area contributed by atoms with Crippen molar-refractivity contribution < 1.29 is 9.53 Å². The van der Waals surface area contributed by atoms with Gasteiger partial charge in [-0.15, -0.1) is 11.3 Å². The Labute approximate surface area is 81.9 Å². The molecule has 0 saturated carbocycles. The SMILES string of the molecule is CCOC(=O)N(CC)c1cccs1. The summed E-state index contributed by atoms with van der Waals surface area (Å²) >= 11 is 1.53. The third-order valence-corrected chi connectivity index (χ3v) is 2.47. The Bertz CT molecular complexity index is 259. The van der Waals surface area contributed by atoms with Gasteiger partial charge in [0.05, 0.1) is 6.61 Å². The van der Waals surface area contributed by atoms with Crippen LogP contribution in [-0.4, -0.2) is 19.2 Å². The van der Waals surface area contributed by atoms with E-state index in [4.69, 9.17) is 4.74 Å². The van der Waals surface area contributed by atoms with Crippen LogP contribution in [0.4, 0.5) is 9.80 Å². The molecule has 3 nitrogen and oxygen atoms in total. The summed E-state index contributed by atoms with van der Waals surface area (Å²) in [5.41, 5.74) is 0. The standard InChI is InChI=1S/C9H13NO2S/c1-3-10(9(11)12-4-2)8-6-5-7-13-8/h5-7H,3-4H2,1-2H3. The monoisotopic (exact) mass is 199 g/mol. The maximum absolute atomic E-state index is 11.4. The predicted octanol–water partition coefficient (Wildman–Crippen LogP) is 2.73. The van der Waals surface area contributed by atoms with Crippen LogP contribution < -0.4 is 4.90 Å². The van der Waals surface area contributed by atoms with E-state index in [1.807, 2.05) is 24.4 Å². The Kier molecular flexibility index (Phi) is 3.76. The molecule has 1 rings (SSSR count). The number of anilines is 1. The lowest BCUT2D eigenvalue weighted by molar-refractivity contribution is 0.160. The second-order valence-corrected chi connectivity index (χ2v) is 3.32. The van der Waals surface area contributed by atoms with Crippen molar-refractivity contribution in [1.29, 1.82) is 0 Å². The van der Waals surface area contributed by atoms with Crippen molar-refractivity contribution in [3.63, 3.8) is 0 Å². The third-order valence-electron chi connectivity index (χ3n) is 1.58. The number of carbonyl (C=O) groups excluding carboxylic acids is 1. The second kappa shape index (κ2) is 4.87. The summed E-state index contributed by atoms with van der Waals surface area (Å²) in [7, 11) is 0. The van der Waals surface area contributed by atoms with Crippen molar-refractivity contribution in [3.8, 4) is 0 Å². The van der Waals surface area contributed by atoms with E-state index < -0.39 is 0 Å². The molecule has 1 heterocycles. The molecule has 1 aromatic rings. The summed E-state index contributed by atoms with van der Waals surface area (Å²) in [6, 6.07) is 3.83. The molecule has 0 aliphatic heterocycles. The number of thiophene rings is 1. The fourth-order valence-electron chi connectivity index (χ4n) is 1.000. The quantitative estimate of drug-likeness (QED) is 0.749. The van der Waals surface area contributed by atoms with Crippen LogP contribution in [0, 0.1) is 0 Å². The summed E-state index contributed by atoms with van der Waals surface area (Å²) < 4.78 is 4.91. The van der Waals surface area contributed by atoms with Crippen molar-refractivity contribution >= 4 is 22.4 Å². The zero-order valence-corrected chi connectivity index (χ0v) is 8.63. The molecule has 0 radical (unpaired) electrons. The molecular formula is C9H13NO2S. The fourth-order valence-corrected chi connectivity index (χ4v) is 1.78. The lowest BCUT2D eigenvalue weighted by Crippen LogP contribution is -2.30. The molecule has 1 aromatic heterocycles. The van der Waals surface area contributed by atoms with Gasteiger partial charge in [-0.1, -0.05) is 0 Å². The minimum Gasteiger partial charge on any atom is -0.449 e. The first-order valence-electron chi connectivity index (χ1n) is 4.27. The van der Waals surface area contributed by atoms with Gasteiger partial charge in [-0.2, -0.15) is 0 Å². The number of nitrogens with zero attached hydrogens (tertiary/aromatic N) is 1. The van der Waals surface area contributed by atoms with Crippen LogP contribution in [0.5, 0.6) is 0 Å². The van der Waals surface area contributed by atoms with E-state index in [-0.39, 0.29) is 6.09 Å². The summed E-state index contributed by atoms with van der Waals surface area (Å²) in [5, 5.41) is 2.87. The van der Waals surface area contributed by atoms with E-state index in [1.165, 1.54) is 11.3 Å². The van der Waals surface area contributed by atoms with E-state index in [0.717, 1.165) is 5.00 Å². The number of ether oxygens (including phenoxy) is 1. The average Bonchev–Trinajstić information content (AvgIpc) is 2.59. The molecule has 0 N–H and O–H groups in total. The zero-order valence-electron chi connectivity index (χ0n) is 7.82. The lowest BCUT2D eigenvalue weighted by atomic mass is 10.5. The normalized spacial score (nSPS) is 9.69. The Morgan fingerprint density at radius 2 is 2.38 bits per heavy atom. The van der Waals surface area contributed by atoms with Crippen LogP contribution in [0.2, 0.25) is 0 Å².